The lowest BCUT2D eigenvalue weighted by Gasteiger charge is -2.28. The number of carboxylic acids is 1. The third kappa shape index (κ3) is 20.6. The van der Waals surface area contributed by atoms with E-state index in [4.69, 9.17) is 28.7 Å². The molecule has 4 rings (SSSR count). The number of carbonyl (C=O) groups is 10. The highest BCUT2D eigenvalue weighted by molar-refractivity contribution is 5.98. The third-order valence-corrected chi connectivity index (χ3v) is 12.1. The molecular formula is C49H70N16O11. The average molecular weight is 1060 g/mol. The average Bonchev–Trinajstić information content (AvgIpc) is 3.78. The first kappa shape index (κ1) is 59.8. The van der Waals surface area contributed by atoms with Gasteiger partial charge in [-0.05, 0) is 68.6 Å². The fraction of sp³-hybridized carbons (Fsp3) is 0.469. The number of aliphatic imine (C=N–C) groups is 2. The first-order chi connectivity index (χ1) is 36.2. The van der Waals surface area contributed by atoms with Crippen molar-refractivity contribution in [3.63, 3.8) is 0 Å². The van der Waals surface area contributed by atoms with Crippen LogP contribution in [0.5, 0.6) is 0 Å². The topological polar surface area (TPSA) is 458 Å². The van der Waals surface area contributed by atoms with E-state index in [1.807, 2.05) is 0 Å². The van der Waals surface area contributed by atoms with Gasteiger partial charge in [0.05, 0.1) is 0 Å². The summed E-state index contributed by atoms with van der Waals surface area (Å²) in [7, 11) is 0. The summed E-state index contributed by atoms with van der Waals surface area (Å²) in [6.07, 6.45) is -0.265. The molecule has 7 atom stereocenters. The number of aromatic amines is 1. The summed E-state index contributed by atoms with van der Waals surface area (Å²) in [5.41, 5.74) is 29.3. The second-order valence-electron chi connectivity index (χ2n) is 18.1. The minimum atomic E-state index is -1.60. The number of nitrogens with one attached hydrogen (secondary N) is 9. The molecule has 0 aliphatic carbocycles. The number of hydrogen-bond acceptors (Lipinski definition) is 12. The number of para-hydroxylation sites is 1. The number of fused-ring (bicyclic) bond motifs is 1. The molecule has 0 saturated carbocycles. The molecule has 1 aliphatic heterocycles. The minimum Gasteiger partial charge on any atom is -0.480 e. The first-order valence-electron chi connectivity index (χ1n) is 24.8. The van der Waals surface area contributed by atoms with Gasteiger partial charge in [-0.1, -0.05) is 48.5 Å². The van der Waals surface area contributed by atoms with Crippen LogP contribution in [-0.2, 0) is 60.8 Å². The molecule has 27 heteroatoms. The SMILES string of the molecule is CC(=O)NC(CCCN=C(N)N)C(=O)N[C@H]1CCC(=O)NCCCC(C(=O)O)NC(=O)[C@H](Cc2c[nH]c3ccccc23)NC(=O)[C@H](CCCN=C(N)N)NC(=O)[C@@H](Cc2ccccc2)NC(=O)[C@H](CCC(N)=O)NC1=O. The monoisotopic (exact) mass is 1060 g/mol. The van der Waals surface area contributed by atoms with Gasteiger partial charge in [0.1, 0.15) is 42.3 Å². The van der Waals surface area contributed by atoms with Crippen LogP contribution in [-0.4, -0.2) is 143 Å². The summed E-state index contributed by atoms with van der Waals surface area (Å²) < 4.78 is 0. The van der Waals surface area contributed by atoms with Crippen LogP contribution in [0.4, 0.5) is 0 Å². The van der Waals surface area contributed by atoms with Crippen LogP contribution in [0.2, 0.25) is 0 Å². The van der Waals surface area contributed by atoms with Crippen molar-refractivity contribution in [2.45, 2.75) is 126 Å². The molecule has 1 aliphatic rings. The van der Waals surface area contributed by atoms with Crippen molar-refractivity contribution >= 4 is 82.0 Å². The number of primary amides is 1. The molecule has 0 bridgehead atoms. The van der Waals surface area contributed by atoms with Crippen LogP contribution >= 0.6 is 0 Å². The molecular weight excluding hydrogens is 989 g/mol. The molecule has 412 valence electrons. The fourth-order valence-electron chi connectivity index (χ4n) is 8.19. The van der Waals surface area contributed by atoms with Crippen molar-refractivity contribution in [1.82, 2.24) is 47.5 Å². The Hall–Kier alpha value is -8.78. The van der Waals surface area contributed by atoms with Crippen molar-refractivity contribution in [2.24, 2.45) is 38.7 Å². The molecule has 2 unspecified atom stereocenters. The standard InChI is InChI=1S/C49H70N16O11/c1-27(66)59-32(14-7-22-56-48(51)52)41(69)62-35-18-20-40(68)55-21-9-16-36(47(75)76)63-46(74)38(25-29-26-58-31-13-6-5-12-30(29)31)65-42(70)33(15-8-23-57-49(53)54)60-45(73)37(24-28-10-3-2-4-11-28)64-44(72)34(61-43(35)71)17-19-39(50)67/h2-6,10-13,26,32-38,58H,7-9,14-25H2,1H3,(H2,50,67)(H,55,68)(H,59,66)(H,60,73)(H,61,71)(H,62,69)(H,63,74)(H,64,72)(H,65,70)(H,75,76)(H4,51,52,56)(H4,53,54,57)/t32?,33-,34-,35-,36?,37+,38-/m0/s1. The van der Waals surface area contributed by atoms with Crippen molar-refractivity contribution in [3.8, 4) is 0 Å². The lowest BCUT2D eigenvalue weighted by atomic mass is 10.0. The number of H-pyrrole nitrogens is 1. The molecule has 0 spiro atoms. The van der Waals surface area contributed by atoms with Gasteiger partial charge in [0.15, 0.2) is 11.9 Å². The zero-order valence-electron chi connectivity index (χ0n) is 42.2. The normalized spacial score (nSPS) is 20.9. The third-order valence-electron chi connectivity index (χ3n) is 12.1. The molecule has 2 aromatic carbocycles. The smallest absolute Gasteiger partial charge is 0.326 e. The van der Waals surface area contributed by atoms with Crippen LogP contribution in [0.1, 0.15) is 82.3 Å². The molecule has 20 N–H and O–H groups in total. The van der Waals surface area contributed by atoms with Crippen LogP contribution < -0.4 is 71.2 Å². The number of rotatable bonds is 19. The number of aliphatic carboxylic acids is 1. The van der Waals surface area contributed by atoms with E-state index < -0.39 is 121 Å². The zero-order valence-corrected chi connectivity index (χ0v) is 42.2. The number of amides is 9. The molecule has 1 saturated heterocycles. The van der Waals surface area contributed by atoms with E-state index >= 15 is 0 Å². The Balaban J connectivity index is 1.78. The summed E-state index contributed by atoms with van der Waals surface area (Å²) in [5, 5.41) is 31.7. The summed E-state index contributed by atoms with van der Waals surface area (Å²) in [6.45, 7) is 1.18. The van der Waals surface area contributed by atoms with Gasteiger partial charge in [-0.15, -0.1) is 0 Å². The van der Waals surface area contributed by atoms with E-state index in [2.05, 4.69) is 57.5 Å². The first-order valence-corrected chi connectivity index (χ1v) is 24.8. The predicted molar refractivity (Wildman–Crippen MR) is 279 cm³/mol. The Bertz CT molecular complexity index is 2580. The second-order valence-corrected chi connectivity index (χ2v) is 18.1. The highest BCUT2D eigenvalue weighted by Gasteiger charge is 2.35. The second kappa shape index (κ2) is 30.4. The minimum absolute atomic E-state index is 0.00680. The molecule has 27 nitrogen and oxygen atoms in total. The number of guanidine groups is 2. The summed E-state index contributed by atoms with van der Waals surface area (Å²) >= 11 is 0. The van der Waals surface area contributed by atoms with Gasteiger partial charge in [0.25, 0.3) is 0 Å². The van der Waals surface area contributed by atoms with E-state index in [0.29, 0.717) is 11.1 Å². The number of aromatic nitrogens is 1. The van der Waals surface area contributed by atoms with Gasteiger partial charge >= 0.3 is 5.97 Å². The lowest BCUT2D eigenvalue weighted by Crippen LogP contribution is -2.60. The molecule has 9 amide bonds. The van der Waals surface area contributed by atoms with Gasteiger partial charge in [-0.2, -0.15) is 0 Å². The van der Waals surface area contributed by atoms with Crippen LogP contribution in [0.25, 0.3) is 10.9 Å². The lowest BCUT2D eigenvalue weighted by molar-refractivity contribution is -0.142. The van der Waals surface area contributed by atoms with E-state index in [9.17, 15) is 53.1 Å². The van der Waals surface area contributed by atoms with E-state index in [1.54, 1.807) is 60.8 Å². The molecule has 1 aromatic heterocycles. The number of carboxylic acid groups (broad SMARTS) is 1. The largest absolute Gasteiger partial charge is 0.480 e. The van der Waals surface area contributed by atoms with Crippen molar-refractivity contribution in [3.05, 3.63) is 71.9 Å². The van der Waals surface area contributed by atoms with E-state index in [1.165, 1.54) is 6.92 Å². The predicted octanol–water partition coefficient (Wildman–Crippen LogP) is -3.49. The molecule has 1 fully saturated rings. The number of benzene rings is 2. The van der Waals surface area contributed by atoms with E-state index in [-0.39, 0.29) is 89.3 Å². The summed E-state index contributed by atoms with van der Waals surface area (Å²) in [4.78, 5) is 147. The maximum absolute atomic E-state index is 14.6. The summed E-state index contributed by atoms with van der Waals surface area (Å²) in [5.74, 6) is -9.41. The number of hydrogen-bond donors (Lipinski definition) is 15. The molecule has 3 aromatic rings. The van der Waals surface area contributed by atoms with Crippen molar-refractivity contribution in [1.29, 1.82) is 0 Å². The van der Waals surface area contributed by atoms with Crippen LogP contribution in [0.3, 0.4) is 0 Å². The number of nitrogens with zero attached hydrogens (tertiary/aromatic N) is 2. The Morgan fingerprint density at radius 3 is 1.92 bits per heavy atom. The van der Waals surface area contributed by atoms with Gasteiger partial charge in [0, 0.05) is 69.3 Å². The maximum atomic E-state index is 14.6. The van der Waals surface area contributed by atoms with Crippen LogP contribution in [0.15, 0.2) is 70.8 Å². The van der Waals surface area contributed by atoms with Crippen molar-refractivity contribution < 1.29 is 53.1 Å². The quantitative estimate of drug-likeness (QED) is 0.0315. The summed E-state index contributed by atoms with van der Waals surface area (Å²) in [6, 6.07) is 5.38. The Morgan fingerprint density at radius 1 is 0.697 bits per heavy atom. The van der Waals surface area contributed by atoms with Gasteiger partial charge in [-0.25, -0.2) is 4.79 Å². The molecule has 76 heavy (non-hydrogen) atoms. The Labute approximate surface area is 437 Å². The van der Waals surface area contributed by atoms with Gasteiger partial charge < -0.3 is 81.3 Å². The van der Waals surface area contributed by atoms with E-state index in [0.717, 1.165) is 10.9 Å². The van der Waals surface area contributed by atoms with Gasteiger partial charge in [0.2, 0.25) is 53.2 Å². The Morgan fingerprint density at radius 2 is 1.28 bits per heavy atom. The highest BCUT2D eigenvalue weighted by Crippen LogP contribution is 2.20. The highest BCUT2D eigenvalue weighted by atomic mass is 16.4. The maximum Gasteiger partial charge on any atom is 0.326 e. The number of nitrogens with two attached hydrogens (primary N) is 5. The fourth-order valence-corrected chi connectivity index (χ4v) is 8.19. The molecule has 0 radical (unpaired) electrons. The zero-order chi connectivity index (χ0) is 55.7. The Kier molecular flexibility index (Phi) is 23.9. The van der Waals surface area contributed by atoms with Gasteiger partial charge in [-0.3, -0.25) is 53.1 Å². The van der Waals surface area contributed by atoms with Crippen molar-refractivity contribution in [2.75, 3.05) is 19.6 Å². The van der Waals surface area contributed by atoms with Crippen LogP contribution in [0, 0.1) is 0 Å². The number of carbonyl (C=O) groups excluding carboxylic acids is 9. The molecule has 2 heterocycles.